The second kappa shape index (κ2) is 6.66. The summed E-state index contributed by atoms with van der Waals surface area (Å²) in [6, 6.07) is 4.35. The maximum atomic E-state index is 12.9. The van der Waals surface area contributed by atoms with Gasteiger partial charge >= 0.3 is 5.97 Å². The fraction of sp³-hybridized carbons (Fsp3) is 0.333. The van der Waals surface area contributed by atoms with Crippen molar-refractivity contribution in [2.45, 2.75) is 24.8 Å². The molecule has 1 N–H and O–H groups in total. The van der Waals surface area contributed by atoms with Gasteiger partial charge in [-0.1, -0.05) is 0 Å². The number of nitrogens with one attached hydrogen (secondary N) is 1. The first kappa shape index (κ1) is 17.1. The van der Waals surface area contributed by atoms with E-state index in [1.165, 1.54) is 22.5 Å². The van der Waals surface area contributed by atoms with E-state index in [2.05, 4.69) is 26.1 Å². The molecule has 2 aromatic rings. The number of hydrogen-bond acceptors (Lipinski definition) is 5. The van der Waals surface area contributed by atoms with Crippen LogP contribution in [0.2, 0.25) is 0 Å². The highest BCUT2D eigenvalue weighted by Crippen LogP contribution is 2.29. The third kappa shape index (κ3) is 3.11. The van der Waals surface area contributed by atoms with Gasteiger partial charge in [0.1, 0.15) is 0 Å². The third-order valence-corrected chi connectivity index (χ3v) is 6.66. The predicted octanol–water partition coefficient (Wildman–Crippen LogP) is 2.10. The van der Waals surface area contributed by atoms with Crippen molar-refractivity contribution in [2.75, 3.05) is 13.2 Å². The first-order valence-electron chi connectivity index (χ1n) is 7.41. The van der Waals surface area contributed by atoms with Crippen LogP contribution in [0.15, 0.2) is 33.8 Å². The number of carbonyl (C=O) groups excluding carboxylic acids is 1. The molecule has 1 aliphatic heterocycles. The molecule has 128 valence electrons. The predicted molar refractivity (Wildman–Crippen MR) is 90.0 cm³/mol. The average molecular weight is 414 g/mol. The highest BCUT2D eigenvalue weighted by molar-refractivity contribution is 9.10. The lowest BCUT2D eigenvalue weighted by Gasteiger charge is -2.26. The number of H-pyrrole nitrogens is 1. The summed E-state index contributed by atoms with van der Waals surface area (Å²) < 4.78 is 32.4. The Bertz CT molecular complexity index is 879. The summed E-state index contributed by atoms with van der Waals surface area (Å²) in [6.07, 6.45) is 2.34. The Morgan fingerprint density at radius 3 is 2.96 bits per heavy atom. The molecular formula is C15H16BrN3O4S. The van der Waals surface area contributed by atoms with Crippen molar-refractivity contribution in [3.63, 3.8) is 0 Å². The molecule has 0 atom stereocenters. The molecule has 2 heterocycles. The Hall–Kier alpha value is -1.71. The van der Waals surface area contributed by atoms with Crippen LogP contribution in [0.4, 0.5) is 0 Å². The molecule has 0 fully saturated rings. The second-order valence-corrected chi connectivity index (χ2v) is 8.09. The van der Waals surface area contributed by atoms with Gasteiger partial charge in [0.05, 0.1) is 35.5 Å². The zero-order valence-corrected chi connectivity index (χ0v) is 15.4. The molecule has 0 saturated heterocycles. The number of rotatable bonds is 4. The molecule has 24 heavy (non-hydrogen) atoms. The monoisotopic (exact) mass is 413 g/mol. The molecule has 0 spiro atoms. The van der Waals surface area contributed by atoms with Crippen LogP contribution in [0.25, 0.3) is 0 Å². The van der Waals surface area contributed by atoms with E-state index in [0.29, 0.717) is 23.0 Å². The van der Waals surface area contributed by atoms with Crippen LogP contribution in [0, 0.1) is 0 Å². The van der Waals surface area contributed by atoms with Crippen LogP contribution in [-0.4, -0.2) is 42.0 Å². The summed E-state index contributed by atoms with van der Waals surface area (Å²) in [4.78, 5) is 11.9. The molecule has 0 radical (unpaired) electrons. The number of halogens is 1. The summed E-state index contributed by atoms with van der Waals surface area (Å²) >= 11 is 3.26. The molecule has 1 aromatic carbocycles. The van der Waals surface area contributed by atoms with Crippen LogP contribution in [0.1, 0.15) is 28.5 Å². The van der Waals surface area contributed by atoms with Crippen LogP contribution >= 0.6 is 15.9 Å². The largest absolute Gasteiger partial charge is 0.462 e. The number of hydrogen-bond donors (Lipinski definition) is 1. The third-order valence-electron chi connectivity index (χ3n) is 3.83. The summed E-state index contributed by atoms with van der Waals surface area (Å²) in [7, 11) is -3.68. The van der Waals surface area contributed by atoms with Gasteiger partial charge in [-0.2, -0.15) is 9.40 Å². The summed E-state index contributed by atoms with van der Waals surface area (Å²) in [5.41, 5.74) is 2.15. The Kier molecular flexibility index (Phi) is 4.75. The summed E-state index contributed by atoms with van der Waals surface area (Å²) in [6.45, 7) is 2.62. The van der Waals surface area contributed by atoms with Crippen molar-refractivity contribution < 1.29 is 17.9 Å². The maximum Gasteiger partial charge on any atom is 0.338 e. The molecule has 3 rings (SSSR count). The van der Waals surface area contributed by atoms with Gasteiger partial charge in [-0.3, -0.25) is 5.10 Å². The Morgan fingerprint density at radius 1 is 1.46 bits per heavy atom. The minimum Gasteiger partial charge on any atom is -0.462 e. The van der Waals surface area contributed by atoms with E-state index < -0.39 is 16.0 Å². The number of aromatic nitrogens is 2. The van der Waals surface area contributed by atoms with Crippen LogP contribution in [-0.2, 0) is 27.7 Å². The minimum atomic E-state index is -3.68. The smallest absolute Gasteiger partial charge is 0.338 e. The van der Waals surface area contributed by atoms with Crippen molar-refractivity contribution in [1.82, 2.24) is 14.5 Å². The zero-order chi connectivity index (χ0) is 17.3. The van der Waals surface area contributed by atoms with E-state index >= 15 is 0 Å². The first-order valence-corrected chi connectivity index (χ1v) is 9.64. The highest BCUT2D eigenvalue weighted by atomic mass is 79.9. The van der Waals surface area contributed by atoms with Gasteiger partial charge in [-0.05, 0) is 53.0 Å². The lowest BCUT2D eigenvalue weighted by Crippen LogP contribution is -2.36. The van der Waals surface area contributed by atoms with Gasteiger partial charge < -0.3 is 4.74 Å². The number of esters is 1. The number of ether oxygens (including phenoxy) is 1. The van der Waals surface area contributed by atoms with Gasteiger partial charge in [0.15, 0.2) is 0 Å². The number of fused-ring (bicyclic) bond motifs is 1. The van der Waals surface area contributed by atoms with E-state index in [1.54, 1.807) is 13.1 Å². The number of carbonyl (C=O) groups is 1. The van der Waals surface area contributed by atoms with Crippen LogP contribution in [0.5, 0.6) is 0 Å². The molecule has 0 unspecified atom stereocenters. The zero-order valence-electron chi connectivity index (χ0n) is 13.0. The quantitative estimate of drug-likeness (QED) is 0.774. The van der Waals surface area contributed by atoms with Crippen molar-refractivity contribution in [3.05, 3.63) is 45.7 Å². The minimum absolute atomic E-state index is 0.124. The molecule has 0 saturated carbocycles. The topological polar surface area (TPSA) is 92.4 Å². The van der Waals surface area contributed by atoms with Crippen LogP contribution < -0.4 is 0 Å². The lowest BCUT2D eigenvalue weighted by atomic mass is 10.1. The van der Waals surface area contributed by atoms with E-state index in [-0.39, 0.29) is 18.0 Å². The SMILES string of the molecule is CCOC(=O)c1ccc(S(=O)(=O)N2CCc3cn[nH]c3C2)c(Br)c1. The van der Waals surface area contributed by atoms with E-state index in [1.807, 2.05) is 0 Å². The van der Waals surface area contributed by atoms with Crippen molar-refractivity contribution in [2.24, 2.45) is 0 Å². The molecule has 0 amide bonds. The lowest BCUT2D eigenvalue weighted by molar-refractivity contribution is 0.0526. The number of benzene rings is 1. The second-order valence-electron chi connectivity index (χ2n) is 5.33. The van der Waals surface area contributed by atoms with Crippen molar-refractivity contribution in [3.8, 4) is 0 Å². The Morgan fingerprint density at radius 2 is 2.25 bits per heavy atom. The van der Waals surface area contributed by atoms with Crippen LogP contribution in [0.3, 0.4) is 0 Å². The standard InChI is InChI=1S/C15H16BrN3O4S/c1-2-23-15(20)10-3-4-14(12(16)7-10)24(21,22)19-6-5-11-8-17-18-13(11)9-19/h3-4,7-8H,2,5-6,9H2,1H3,(H,17,18). The Labute approximate surface area is 148 Å². The summed E-state index contributed by atoms with van der Waals surface area (Å²) in [5.74, 6) is -0.484. The molecule has 1 aliphatic rings. The fourth-order valence-electron chi connectivity index (χ4n) is 2.59. The molecule has 7 nitrogen and oxygen atoms in total. The van der Waals surface area contributed by atoms with Gasteiger partial charge in [0.2, 0.25) is 10.0 Å². The number of sulfonamides is 1. The van der Waals surface area contributed by atoms with E-state index in [0.717, 1.165) is 11.3 Å². The Balaban J connectivity index is 1.89. The molecule has 1 aromatic heterocycles. The molecular weight excluding hydrogens is 398 g/mol. The van der Waals surface area contributed by atoms with E-state index in [9.17, 15) is 13.2 Å². The van der Waals surface area contributed by atoms with Crippen molar-refractivity contribution in [1.29, 1.82) is 0 Å². The van der Waals surface area contributed by atoms with Crippen molar-refractivity contribution >= 4 is 31.9 Å². The van der Waals surface area contributed by atoms with Gasteiger partial charge in [-0.25, -0.2) is 13.2 Å². The average Bonchev–Trinajstić information content (AvgIpc) is 3.02. The maximum absolute atomic E-state index is 12.9. The fourth-order valence-corrected chi connectivity index (χ4v) is 5.03. The summed E-state index contributed by atoms with van der Waals surface area (Å²) in [5, 5.41) is 6.79. The number of aromatic amines is 1. The molecule has 0 bridgehead atoms. The van der Waals surface area contributed by atoms with Gasteiger partial charge in [0, 0.05) is 11.0 Å². The number of nitrogens with zero attached hydrogens (tertiary/aromatic N) is 2. The molecule has 9 heteroatoms. The van der Waals surface area contributed by atoms with Gasteiger partial charge in [-0.15, -0.1) is 0 Å². The van der Waals surface area contributed by atoms with Gasteiger partial charge in [0.25, 0.3) is 0 Å². The van der Waals surface area contributed by atoms with E-state index in [4.69, 9.17) is 4.74 Å². The molecule has 0 aliphatic carbocycles. The first-order chi connectivity index (χ1) is 11.4. The highest BCUT2D eigenvalue weighted by Gasteiger charge is 2.31. The normalized spacial score (nSPS) is 15.1.